The van der Waals surface area contributed by atoms with E-state index in [9.17, 15) is 9.59 Å². The predicted molar refractivity (Wildman–Crippen MR) is 147 cm³/mol. The Labute approximate surface area is 213 Å². The van der Waals surface area contributed by atoms with Gasteiger partial charge >= 0.3 is 0 Å². The number of nitrogens with zero attached hydrogens (tertiary/aromatic N) is 1. The molecule has 1 heterocycles. The summed E-state index contributed by atoms with van der Waals surface area (Å²) in [4.78, 5) is 27.7. The number of carbonyl (C=O) groups excluding carboxylic acids is 2. The lowest BCUT2D eigenvalue weighted by Gasteiger charge is -2.40. The molecular weight excluding hydrogens is 432 g/mol. The van der Waals surface area contributed by atoms with Crippen LogP contribution in [-0.4, -0.2) is 42.3 Å². The van der Waals surface area contributed by atoms with Crippen LogP contribution in [0, 0.1) is 0 Å². The number of aryl methyl sites for hydroxylation is 1. The van der Waals surface area contributed by atoms with Crippen molar-refractivity contribution in [2.75, 3.05) is 19.6 Å². The molecule has 0 bridgehead atoms. The number of hydrogen-bond acceptors (Lipinski definition) is 3. The van der Waals surface area contributed by atoms with E-state index in [-0.39, 0.29) is 17.7 Å². The molecule has 4 rings (SSSR count). The number of nitrogens with one attached hydrogen (secondary N) is 1. The lowest BCUT2D eigenvalue weighted by atomic mass is 9.70. The smallest absolute Gasteiger partial charge is 0.234 e. The van der Waals surface area contributed by atoms with E-state index in [1.165, 1.54) is 11.1 Å². The Hall–Kier alpha value is -2.46. The number of piperidine rings is 1. The molecule has 2 aromatic rings. The molecular formula is C31H46N2O2. The van der Waals surface area contributed by atoms with Crippen molar-refractivity contribution >= 4 is 11.7 Å². The highest BCUT2D eigenvalue weighted by Crippen LogP contribution is 2.37. The van der Waals surface area contributed by atoms with Gasteiger partial charge in [0.25, 0.3) is 0 Å². The molecule has 0 spiro atoms. The molecule has 2 aliphatic rings. The van der Waals surface area contributed by atoms with Crippen LogP contribution in [-0.2, 0) is 21.4 Å². The molecule has 1 aliphatic heterocycles. The minimum absolute atomic E-state index is 0.109. The first-order valence-electron chi connectivity index (χ1n) is 13.7. The molecule has 4 nitrogen and oxygen atoms in total. The van der Waals surface area contributed by atoms with Crippen molar-refractivity contribution in [3.63, 3.8) is 0 Å². The van der Waals surface area contributed by atoms with Gasteiger partial charge in [-0.1, -0.05) is 89.2 Å². The number of ketones is 1. The maximum Gasteiger partial charge on any atom is 0.234 e. The van der Waals surface area contributed by atoms with Crippen molar-refractivity contribution in [1.29, 1.82) is 0 Å². The highest BCUT2D eigenvalue weighted by Gasteiger charge is 2.40. The Morgan fingerprint density at radius 2 is 1.54 bits per heavy atom. The van der Waals surface area contributed by atoms with Crippen molar-refractivity contribution in [1.82, 2.24) is 10.2 Å². The Balaban J connectivity index is 0.00000103. The van der Waals surface area contributed by atoms with Crippen LogP contribution in [0.2, 0.25) is 0 Å². The topological polar surface area (TPSA) is 49.4 Å². The molecule has 1 N–H and O–H groups in total. The van der Waals surface area contributed by atoms with Gasteiger partial charge in [-0.15, -0.1) is 0 Å². The summed E-state index contributed by atoms with van der Waals surface area (Å²) >= 11 is 0. The van der Waals surface area contributed by atoms with E-state index in [0.29, 0.717) is 12.5 Å². The maximum absolute atomic E-state index is 12.9. The first-order chi connectivity index (χ1) is 17.0. The second-order valence-electron chi connectivity index (χ2n) is 9.21. The van der Waals surface area contributed by atoms with Crippen LogP contribution in [0.4, 0.5) is 0 Å². The molecule has 0 radical (unpaired) electrons. The molecule has 1 amide bonds. The monoisotopic (exact) mass is 478 g/mol. The Morgan fingerprint density at radius 1 is 0.943 bits per heavy atom. The average Bonchev–Trinajstić information content (AvgIpc) is 2.91. The van der Waals surface area contributed by atoms with Gasteiger partial charge in [-0.25, -0.2) is 0 Å². The van der Waals surface area contributed by atoms with Crippen molar-refractivity contribution in [2.24, 2.45) is 0 Å². The maximum atomic E-state index is 12.9. The van der Waals surface area contributed by atoms with Crippen LogP contribution in [0.3, 0.4) is 0 Å². The summed E-state index contributed by atoms with van der Waals surface area (Å²) in [5, 5.41) is 3.34. The van der Waals surface area contributed by atoms with Crippen LogP contribution < -0.4 is 5.32 Å². The molecule has 2 unspecified atom stereocenters. The van der Waals surface area contributed by atoms with Gasteiger partial charge in [-0.05, 0) is 68.8 Å². The van der Waals surface area contributed by atoms with Crippen LogP contribution >= 0.6 is 0 Å². The minimum atomic E-state index is -0.408. The largest absolute Gasteiger partial charge is 0.352 e. The fourth-order valence-electron chi connectivity index (χ4n) is 5.68. The highest BCUT2D eigenvalue weighted by molar-refractivity contribution is 5.88. The Morgan fingerprint density at radius 3 is 2.14 bits per heavy atom. The van der Waals surface area contributed by atoms with E-state index in [2.05, 4.69) is 53.5 Å². The van der Waals surface area contributed by atoms with E-state index in [1.807, 2.05) is 45.9 Å². The predicted octanol–water partition coefficient (Wildman–Crippen LogP) is 6.29. The van der Waals surface area contributed by atoms with Crippen molar-refractivity contribution in [3.05, 3.63) is 71.3 Å². The first-order valence-corrected chi connectivity index (χ1v) is 13.7. The molecule has 35 heavy (non-hydrogen) atoms. The fourth-order valence-corrected chi connectivity index (χ4v) is 5.68. The number of rotatable bonds is 6. The van der Waals surface area contributed by atoms with Gasteiger partial charge in [0.1, 0.15) is 5.78 Å². The van der Waals surface area contributed by atoms with E-state index < -0.39 is 5.41 Å². The zero-order chi connectivity index (χ0) is 25.8. The number of benzene rings is 2. The van der Waals surface area contributed by atoms with E-state index in [4.69, 9.17) is 0 Å². The quantitative estimate of drug-likeness (QED) is 0.531. The zero-order valence-electron chi connectivity index (χ0n) is 22.8. The standard InChI is InChI=1S/C27H34N2O2.2C2H6/c1-3-23-24-12-8-7-9-21(24)13-14-25(23)28-26(31)19-29-17-15-27(16-18-29,20(2)30)22-10-5-4-6-11-22;2*1-2/h4-12,23,25H,3,13-19H2,1-2H3,(H,28,31);2*1-2H3. The molecule has 1 fully saturated rings. The first kappa shape index (κ1) is 28.8. The summed E-state index contributed by atoms with van der Waals surface area (Å²) in [6, 6.07) is 19.0. The molecule has 2 atom stereocenters. The summed E-state index contributed by atoms with van der Waals surface area (Å²) in [6.07, 6.45) is 4.61. The van der Waals surface area contributed by atoms with Gasteiger partial charge in [-0.3, -0.25) is 14.5 Å². The molecule has 4 heteroatoms. The summed E-state index contributed by atoms with van der Waals surface area (Å²) in [7, 11) is 0. The normalized spacial score (nSPS) is 20.7. The van der Waals surface area contributed by atoms with Crippen LogP contribution in [0.1, 0.15) is 89.8 Å². The van der Waals surface area contributed by atoms with Crippen LogP contribution in [0.25, 0.3) is 0 Å². The summed E-state index contributed by atoms with van der Waals surface area (Å²) in [5.41, 5.74) is 3.53. The number of fused-ring (bicyclic) bond motifs is 1. The molecule has 1 saturated heterocycles. The fraction of sp³-hybridized carbons (Fsp3) is 0.548. The number of Topliss-reactive ketones (excluding diaryl/α,β-unsaturated/α-hetero) is 1. The van der Waals surface area contributed by atoms with Crippen LogP contribution in [0.15, 0.2) is 54.6 Å². The van der Waals surface area contributed by atoms with Gasteiger partial charge < -0.3 is 5.32 Å². The van der Waals surface area contributed by atoms with Gasteiger partial charge in [0.2, 0.25) is 5.91 Å². The average molecular weight is 479 g/mol. The van der Waals surface area contributed by atoms with E-state index in [1.54, 1.807) is 6.92 Å². The molecule has 192 valence electrons. The van der Waals surface area contributed by atoms with Gasteiger partial charge in [-0.2, -0.15) is 0 Å². The highest BCUT2D eigenvalue weighted by atomic mass is 16.2. The third-order valence-electron chi connectivity index (χ3n) is 7.53. The van der Waals surface area contributed by atoms with Gasteiger partial charge in [0.05, 0.1) is 12.0 Å². The van der Waals surface area contributed by atoms with Crippen LogP contribution in [0.5, 0.6) is 0 Å². The minimum Gasteiger partial charge on any atom is -0.352 e. The Kier molecular flexibility index (Phi) is 11.7. The second kappa shape index (κ2) is 14.2. The van der Waals surface area contributed by atoms with Crippen molar-refractivity contribution in [2.45, 2.75) is 91.0 Å². The summed E-state index contributed by atoms with van der Waals surface area (Å²) in [6.45, 7) is 13.9. The lowest BCUT2D eigenvalue weighted by molar-refractivity contribution is -0.125. The van der Waals surface area contributed by atoms with Gasteiger partial charge in [0, 0.05) is 12.0 Å². The van der Waals surface area contributed by atoms with Crippen molar-refractivity contribution in [3.8, 4) is 0 Å². The van der Waals surface area contributed by atoms with Gasteiger partial charge in [0.15, 0.2) is 0 Å². The summed E-state index contributed by atoms with van der Waals surface area (Å²) < 4.78 is 0. The second-order valence-corrected chi connectivity index (χ2v) is 9.21. The number of carbonyl (C=O) groups is 2. The number of hydrogen-bond donors (Lipinski definition) is 1. The number of amides is 1. The summed E-state index contributed by atoms with van der Waals surface area (Å²) in [5.74, 6) is 0.728. The number of likely N-dealkylation sites (tertiary alicyclic amines) is 1. The molecule has 1 aliphatic carbocycles. The van der Waals surface area contributed by atoms with Crippen molar-refractivity contribution < 1.29 is 9.59 Å². The third kappa shape index (κ3) is 6.82. The van der Waals surface area contributed by atoms with E-state index >= 15 is 0 Å². The third-order valence-corrected chi connectivity index (χ3v) is 7.53. The molecule has 2 aromatic carbocycles. The zero-order valence-corrected chi connectivity index (χ0v) is 22.8. The lowest BCUT2D eigenvalue weighted by Crippen LogP contribution is -2.51. The molecule has 0 saturated carbocycles. The molecule has 0 aromatic heterocycles. The van der Waals surface area contributed by atoms with E-state index in [0.717, 1.165) is 50.8 Å². The SMILES string of the molecule is CC.CC.CCC1c2ccccc2CCC1NC(=O)CN1CCC(C(C)=O)(c2ccccc2)CC1. The Bertz CT molecular complexity index is 917.